The number of carbonyl (C=O) groups excluding carboxylic acids is 2. The zero-order valence-electron chi connectivity index (χ0n) is 12.0. The van der Waals surface area contributed by atoms with E-state index in [1.807, 2.05) is 30.3 Å². The van der Waals surface area contributed by atoms with Crippen LogP contribution in [0.2, 0.25) is 0 Å². The van der Waals surface area contributed by atoms with Gasteiger partial charge in [0.05, 0.1) is 0 Å². The maximum atomic E-state index is 11.9. The fourth-order valence-electron chi connectivity index (χ4n) is 1.57. The van der Waals surface area contributed by atoms with Crippen LogP contribution in [0.5, 0.6) is 0 Å². The first-order valence-electron chi connectivity index (χ1n) is 6.62. The maximum absolute atomic E-state index is 11.9. The summed E-state index contributed by atoms with van der Waals surface area (Å²) in [7, 11) is 0. The summed E-state index contributed by atoms with van der Waals surface area (Å²) in [4.78, 5) is 23.4. The van der Waals surface area contributed by atoms with Gasteiger partial charge in [-0.3, -0.25) is 10.1 Å². The van der Waals surface area contributed by atoms with E-state index in [0.29, 0.717) is 12.0 Å². The highest BCUT2D eigenvalue weighted by molar-refractivity contribution is 6.02. The Labute approximate surface area is 124 Å². The SMILES string of the molecule is C=C/C=C/C/C(=C\C)C(=O)NC(=O)OCc1ccccc1. The monoisotopic (exact) mass is 285 g/mol. The van der Waals surface area contributed by atoms with E-state index in [1.54, 1.807) is 31.2 Å². The van der Waals surface area contributed by atoms with Gasteiger partial charge in [-0.25, -0.2) is 4.79 Å². The minimum absolute atomic E-state index is 0.126. The Bertz CT molecular complexity index is 544. The van der Waals surface area contributed by atoms with Gasteiger partial charge in [-0.05, 0) is 18.9 Å². The van der Waals surface area contributed by atoms with Crippen molar-refractivity contribution in [2.75, 3.05) is 0 Å². The lowest BCUT2D eigenvalue weighted by Gasteiger charge is -2.07. The van der Waals surface area contributed by atoms with Crippen LogP contribution in [0.3, 0.4) is 0 Å². The molecule has 0 bridgehead atoms. The molecule has 2 amide bonds. The first-order chi connectivity index (χ1) is 10.2. The summed E-state index contributed by atoms with van der Waals surface area (Å²) in [6.45, 7) is 5.42. The predicted octanol–water partition coefficient (Wildman–Crippen LogP) is 3.52. The minimum Gasteiger partial charge on any atom is -0.444 e. The summed E-state index contributed by atoms with van der Waals surface area (Å²) in [5, 5.41) is 2.20. The largest absolute Gasteiger partial charge is 0.444 e. The molecule has 110 valence electrons. The van der Waals surface area contributed by atoms with Crippen LogP contribution in [-0.4, -0.2) is 12.0 Å². The third-order valence-corrected chi connectivity index (χ3v) is 2.68. The van der Waals surface area contributed by atoms with Crippen molar-refractivity contribution in [3.63, 3.8) is 0 Å². The molecule has 0 aliphatic heterocycles. The van der Waals surface area contributed by atoms with Crippen molar-refractivity contribution >= 4 is 12.0 Å². The minimum atomic E-state index is -0.754. The van der Waals surface area contributed by atoms with Crippen molar-refractivity contribution in [1.82, 2.24) is 5.32 Å². The zero-order chi connectivity index (χ0) is 15.5. The highest BCUT2D eigenvalue weighted by atomic mass is 16.5. The molecule has 0 unspecified atom stereocenters. The molecule has 0 heterocycles. The molecule has 1 aromatic carbocycles. The summed E-state index contributed by atoms with van der Waals surface area (Å²) in [5.41, 5.74) is 1.35. The third kappa shape index (κ3) is 6.38. The zero-order valence-corrected chi connectivity index (χ0v) is 12.0. The van der Waals surface area contributed by atoms with Crippen LogP contribution in [0.1, 0.15) is 18.9 Å². The number of amides is 2. The van der Waals surface area contributed by atoms with Crippen molar-refractivity contribution in [1.29, 1.82) is 0 Å². The van der Waals surface area contributed by atoms with E-state index in [1.165, 1.54) is 0 Å². The molecule has 21 heavy (non-hydrogen) atoms. The second-order valence-electron chi connectivity index (χ2n) is 4.20. The first kappa shape index (κ1) is 16.4. The Morgan fingerprint density at radius 2 is 2.00 bits per heavy atom. The molecular weight excluding hydrogens is 266 g/mol. The fraction of sp³-hybridized carbons (Fsp3) is 0.176. The Hall–Kier alpha value is -2.62. The van der Waals surface area contributed by atoms with Gasteiger partial charge in [0, 0.05) is 5.57 Å². The summed E-state index contributed by atoms with van der Waals surface area (Å²) in [6.07, 6.45) is 6.49. The predicted molar refractivity (Wildman–Crippen MR) is 82.5 cm³/mol. The molecule has 1 aromatic rings. The topological polar surface area (TPSA) is 55.4 Å². The highest BCUT2D eigenvalue weighted by Crippen LogP contribution is 2.04. The summed E-state index contributed by atoms with van der Waals surface area (Å²) in [5.74, 6) is -0.454. The van der Waals surface area contributed by atoms with Crippen molar-refractivity contribution in [3.05, 3.63) is 72.4 Å². The van der Waals surface area contributed by atoms with E-state index in [-0.39, 0.29) is 6.61 Å². The number of benzene rings is 1. The molecule has 4 nitrogen and oxygen atoms in total. The van der Waals surface area contributed by atoms with Gasteiger partial charge in [-0.2, -0.15) is 0 Å². The molecule has 0 aromatic heterocycles. The Morgan fingerprint density at radius 1 is 1.29 bits per heavy atom. The standard InChI is InChI=1S/C17H19NO3/c1-3-5-7-12-15(4-2)16(19)18-17(20)21-13-14-10-8-6-9-11-14/h3-11H,1,12-13H2,2H3,(H,18,19,20)/b7-5+,15-4+. The smallest absolute Gasteiger partial charge is 0.414 e. The van der Waals surface area contributed by atoms with E-state index in [2.05, 4.69) is 11.9 Å². The van der Waals surface area contributed by atoms with Gasteiger partial charge in [-0.1, -0.05) is 61.2 Å². The Kier molecular flexibility index (Phi) is 7.29. The number of hydrogen-bond donors (Lipinski definition) is 1. The van der Waals surface area contributed by atoms with Gasteiger partial charge >= 0.3 is 6.09 Å². The normalized spacial score (nSPS) is 11.2. The van der Waals surface area contributed by atoms with Crippen LogP contribution in [-0.2, 0) is 16.1 Å². The van der Waals surface area contributed by atoms with Crippen LogP contribution in [0, 0.1) is 0 Å². The number of ether oxygens (including phenoxy) is 1. The van der Waals surface area contributed by atoms with Crippen LogP contribution in [0.15, 0.2) is 66.8 Å². The van der Waals surface area contributed by atoms with Crippen molar-refractivity contribution < 1.29 is 14.3 Å². The Morgan fingerprint density at radius 3 is 2.62 bits per heavy atom. The first-order valence-corrected chi connectivity index (χ1v) is 6.62. The van der Waals surface area contributed by atoms with Crippen LogP contribution >= 0.6 is 0 Å². The van der Waals surface area contributed by atoms with Gasteiger partial charge < -0.3 is 4.74 Å². The fourth-order valence-corrected chi connectivity index (χ4v) is 1.57. The number of imide groups is 1. The van der Waals surface area contributed by atoms with Crippen molar-refractivity contribution in [2.45, 2.75) is 20.0 Å². The van der Waals surface area contributed by atoms with Crippen LogP contribution in [0.4, 0.5) is 4.79 Å². The summed E-state index contributed by atoms with van der Waals surface area (Å²) in [6, 6.07) is 9.26. The molecule has 0 radical (unpaired) electrons. The van der Waals surface area contributed by atoms with Gasteiger partial charge in [0.25, 0.3) is 5.91 Å². The van der Waals surface area contributed by atoms with Crippen molar-refractivity contribution in [2.24, 2.45) is 0 Å². The molecule has 1 N–H and O–H groups in total. The molecule has 0 aliphatic carbocycles. The number of alkyl carbamates (subject to hydrolysis) is 1. The maximum Gasteiger partial charge on any atom is 0.414 e. The lowest BCUT2D eigenvalue weighted by molar-refractivity contribution is -0.117. The van der Waals surface area contributed by atoms with E-state index < -0.39 is 12.0 Å². The van der Waals surface area contributed by atoms with Gasteiger partial charge in [0.2, 0.25) is 0 Å². The van der Waals surface area contributed by atoms with E-state index in [9.17, 15) is 9.59 Å². The lowest BCUT2D eigenvalue weighted by atomic mass is 10.1. The van der Waals surface area contributed by atoms with Gasteiger partial charge in [-0.15, -0.1) is 0 Å². The highest BCUT2D eigenvalue weighted by Gasteiger charge is 2.12. The molecule has 0 atom stereocenters. The number of hydrogen-bond acceptors (Lipinski definition) is 3. The molecule has 0 fully saturated rings. The molecular formula is C17H19NO3. The Balaban J connectivity index is 2.44. The average Bonchev–Trinajstić information content (AvgIpc) is 2.50. The summed E-state index contributed by atoms with van der Waals surface area (Å²) < 4.78 is 4.99. The van der Waals surface area contributed by atoms with E-state index >= 15 is 0 Å². The van der Waals surface area contributed by atoms with E-state index in [0.717, 1.165) is 5.56 Å². The van der Waals surface area contributed by atoms with Gasteiger partial charge in [0.1, 0.15) is 6.61 Å². The van der Waals surface area contributed by atoms with Gasteiger partial charge in [0.15, 0.2) is 0 Å². The number of rotatable bonds is 6. The molecule has 1 rings (SSSR count). The third-order valence-electron chi connectivity index (χ3n) is 2.68. The van der Waals surface area contributed by atoms with E-state index in [4.69, 9.17) is 4.74 Å². The second-order valence-corrected chi connectivity index (χ2v) is 4.20. The number of allylic oxidation sites excluding steroid dienone is 4. The number of nitrogens with one attached hydrogen (secondary N) is 1. The summed E-state index contributed by atoms with van der Waals surface area (Å²) >= 11 is 0. The number of carbonyl (C=O) groups is 2. The molecule has 0 spiro atoms. The van der Waals surface area contributed by atoms with Crippen molar-refractivity contribution in [3.8, 4) is 0 Å². The second kappa shape index (κ2) is 9.31. The lowest BCUT2D eigenvalue weighted by Crippen LogP contribution is -2.32. The molecule has 0 aliphatic rings. The average molecular weight is 285 g/mol. The van der Waals surface area contributed by atoms with Crippen LogP contribution < -0.4 is 5.32 Å². The molecule has 0 saturated heterocycles. The molecule has 0 saturated carbocycles. The quantitative estimate of drug-likeness (QED) is 0.642. The van der Waals surface area contributed by atoms with Crippen LogP contribution in [0.25, 0.3) is 0 Å². The molecule has 4 heteroatoms.